The normalized spacial score (nSPS) is 20.1. The topological polar surface area (TPSA) is 52.6 Å². The molecule has 4 heteroatoms. The minimum atomic E-state index is 0.0935. The van der Waals surface area contributed by atoms with Crippen molar-refractivity contribution in [1.82, 2.24) is 5.32 Å². The summed E-state index contributed by atoms with van der Waals surface area (Å²) >= 11 is 0. The van der Waals surface area contributed by atoms with Gasteiger partial charge in [-0.25, -0.2) is 0 Å². The number of benzene rings is 1. The van der Waals surface area contributed by atoms with Crippen LogP contribution in [0.25, 0.3) is 0 Å². The minimum absolute atomic E-state index is 0.0935. The molecule has 2 rings (SSSR count). The number of hydrogen-bond donors (Lipinski definition) is 2. The van der Waals surface area contributed by atoms with Gasteiger partial charge in [-0.1, -0.05) is 0 Å². The van der Waals surface area contributed by atoms with E-state index in [9.17, 15) is 9.90 Å². The molecule has 4 nitrogen and oxygen atoms in total. The summed E-state index contributed by atoms with van der Waals surface area (Å²) in [5, 5.41) is 12.6. The van der Waals surface area contributed by atoms with Gasteiger partial charge in [-0.3, -0.25) is 4.79 Å². The van der Waals surface area contributed by atoms with Crippen LogP contribution in [-0.4, -0.2) is 43.2 Å². The molecule has 1 aromatic carbocycles. The van der Waals surface area contributed by atoms with E-state index >= 15 is 0 Å². The highest BCUT2D eigenvalue weighted by atomic mass is 16.3. The first-order chi connectivity index (χ1) is 9.22. The van der Waals surface area contributed by atoms with Gasteiger partial charge in [0.2, 0.25) is 0 Å². The highest BCUT2D eigenvalue weighted by molar-refractivity contribution is 5.94. The Bertz CT molecular complexity index is 417. The molecule has 0 radical (unpaired) electrons. The predicted octanol–water partition coefficient (Wildman–Crippen LogP) is 1.44. The van der Waals surface area contributed by atoms with E-state index in [2.05, 4.69) is 10.2 Å². The van der Waals surface area contributed by atoms with E-state index in [1.54, 1.807) is 6.92 Å². The van der Waals surface area contributed by atoms with E-state index < -0.39 is 0 Å². The molecule has 2 N–H and O–H groups in total. The van der Waals surface area contributed by atoms with E-state index in [-0.39, 0.29) is 12.4 Å². The number of anilines is 1. The van der Waals surface area contributed by atoms with Crippen LogP contribution < -0.4 is 10.2 Å². The molecule has 0 saturated carbocycles. The number of nitrogens with one attached hydrogen (secondary N) is 1. The number of ketones is 1. The summed E-state index contributed by atoms with van der Waals surface area (Å²) in [5.41, 5.74) is 1.88. The van der Waals surface area contributed by atoms with Crippen LogP contribution in [0.2, 0.25) is 0 Å². The Morgan fingerprint density at radius 3 is 2.79 bits per heavy atom. The molecule has 1 unspecified atom stereocenters. The van der Waals surface area contributed by atoms with Gasteiger partial charge in [-0.2, -0.15) is 0 Å². The molecule has 1 fully saturated rings. The molecule has 0 bridgehead atoms. The average Bonchev–Trinajstić information content (AvgIpc) is 2.65. The molecule has 1 aliphatic rings. The van der Waals surface area contributed by atoms with Crippen LogP contribution in [0.5, 0.6) is 0 Å². The largest absolute Gasteiger partial charge is 0.396 e. The van der Waals surface area contributed by atoms with Crippen molar-refractivity contribution in [2.45, 2.75) is 25.8 Å². The van der Waals surface area contributed by atoms with Gasteiger partial charge in [0.25, 0.3) is 0 Å². The zero-order valence-corrected chi connectivity index (χ0v) is 11.4. The van der Waals surface area contributed by atoms with Crippen molar-refractivity contribution in [3.63, 3.8) is 0 Å². The molecule has 0 aromatic heterocycles. The van der Waals surface area contributed by atoms with Gasteiger partial charge in [-0.15, -0.1) is 0 Å². The highest BCUT2D eigenvalue weighted by Gasteiger charge is 2.20. The summed E-state index contributed by atoms with van der Waals surface area (Å²) in [6.07, 6.45) is 1.86. The van der Waals surface area contributed by atoms with E-state index in [4.69, 9.17) is 0 Å². The van der Waals surface area contributed by atoms with Crippen LogP contribution in [-0.2, 0) is 0 Å². The summed E-state index contributed by atoms with van der Waals surface area (Å²) in [7, 11) is 0. The van der Waals surface area contributed by atoms with E-state index in [1.807, 2.05) is 24.3 Å². The lowest BCUT2D eigenvalue weighted by atomic mass is 10.1. The number of nitrogens with zero attached hydrogens (tertiary/aromatic N) is 1. The van der Waals surface area contributed by atoms with Crippen molar-refractivity contribution in [2.24, 2.45) is 0 Å². The van der Waals surface area contributed by atoms with Crippen molar-refractivity contribution in [2.75, 3.05) is 31.1 Å². The highest BCUT2D eigenvalue weighted by Crippen LogP contribution is 2.21. The van der Waals surface area contributed by atoms with Gasteiger partial charge in [0, 0.05) is 37.0 Å². The van der Waals surface area contributed by atoms with Crippen LogP contribution in [0.1, 0.15) is 30.1 Å². The number of carbonyl (C=O) groups is 1. The molecule has 104 valence electrons. The molecular formula is C15H22N2O2. The Morgan fingerprint density at radius 1 is 1.42 bits per heavy atom. The first-order valence-electron chi connectivity index (χ1n) is 6.91. The first kappa shape index (κ1) is 14.0. The summed E-state index contributed by atoms with van der Waals surface area (Å²) in [6, 6.07) is 8.09. The number of aliphatic hydroxyl groups is 1. The van der Waals surface area contributed by atoms with Gasteiger partial charge in [0.05, 0.1) is 0 Å². The first-order valence-corrected chi connectivity index (χ1v) is 6.91. The Balaban J connectivity index is 2.18. The maximum Gasteiger partial charge on any atom is 0.159 e. The number of rotatable bonds is 4. The quantitative estimate of drug-likeness (QED) is 0.806. The summed E-state index contributed by atoms with van der Waals surface area (Å²) in [6.45, 7) is 4.68. The number of Topliss-reactive ketones (excluding diaryl/α,β-unsaturated/α-hetero) is 1. The number of aliphatic hydroxyl groups excluding tert-OH is 1. The summed E-state index contributed by atoms with van der Waals surface area (Å²) in [4.78, 5) is 13.6. The van der Waals surface area contributed by atoms with Crippen molar-refractivity contribution >= 4 is 11.5 Å². The van der Waals surface area contributed by atoms with Crippen LogP contribution in [0.4, 0.5) is 5.69 Å². The van der Waals surface area contributed by atoms with Crippen LogP contribution >= 0.6 is 0 Å². The maximum absolute atomic E-state index is 11.3. The molecule has 1 aliphatic heterocycles. The molecule has 0 amide bonds. The van der Waals surface area contributed by atoms with Gasteiger partial charge < -0.3 is 15.3 Å². The maximum atomic E-state index is 11.3. The van der Waals surface area contributed by atoms with Gasteiger partial charge in [-0.05, 0) is 50.6 Å². The molecule has 1 saturated heterocycles. The predicted molar refractivity (Wildman–Crippen MR) is 76.8 cm³/mol. The second-order valence-electron chi connectivity index (χ2n) is 5.02. The second-order valence-corrected chi connectivity index (χ2v) is 5.02. The van der Waals surface area contributed by atoms with Gasteiger partial charge in [0.15, 0.2) is 5.78 Å². The van der Waals surface area contributed by atoms with E-state index in [0.29, 0.717) is 6.04 Å². The fourth-order valence-corrected chi connectivity index (χ4v) is 2.57. The van der Waals surface area contributed by atoms with Crippen LogP contribution in [0, 0.1) is 0 Å². The third-order valence-electron chi connectivity index (χ3n) is 3.64. The molecular weight excluding hydrogens is 240 g/mol. The molecule has 0 spiro atoms. The molecule has 19 heavy (non-hydrogen) atoms. The third kappa shape index (κ3) is 3.55. The molecule has 0 aliphatic carbocycles. The molecule has 1 aromatic rings. The third-order valence-corrected chi connectivity index (χ3v) is 3.64. The van der Waals surface area contributed by atoms with E-state index in [1.165, 1.54) is 0 Å². The Kier molecular flexibility index (Phi) is 4.93. The standard InChI is InChI=1S/C15H22N2O2/c1-12(19)13-3-5-14(6-4-13)17-9-2-8-16-11-15(17)7-10-18/h3-6,15-16,18H,2,7-11H2,1H3. The lowest BCUT2D eigenvalue weighted by Crippen LogP contribution is -2.40. The monoisotopic (exact) mass is 262 g/mol. The fraction of sp³-hybridized carbons (Fsp3) is 0.533. The fourth-order valence-electron chi connectivity index (χ4n) is 2.57. The number of carbonyl (C=O) groups excluding carboxylic acids is 1. The number of hydrogen-bond acceptors (Lipinski definition) is 4. The van der Waals surface area contributed by atoms with E-state index in [0.717, 1.165) is 43.7 Å². The zero-order chi connectivity index (χ0) is 13.7. The Morgan fingerprint density at radius 2 is 2.16 bits per heavy atom. The van der Waals surface area contributed by atoms with Gasteiger partial charge >= 0.3 is 0 Å². The summed E-state index contributed by atoms with van der Waals surface area (Å²) < 4.78 is 0. The van der Waals surface area contributed by atoms with Gasteiger partial charge in [0.1, 0.15) is 0 Å². The van der Waals surface area contributed by atoms with Crippen molar-refractivity contribution in [3.8, 4) is 0 Å². The SMILES string of the molecule is CC(=O)c1ccc(N2CCCNCC2CCO)cc1. The van der Waals surface area contributed by atoms with Crippen molar-refractivity contribution in [1.29, 1.82) is 0 Å². The van der Waals surface area contributed by atoms with Crippen LogP contribution in [0.15, 0.2) is 24.3 Å². The molecule has 1 atom stereocenters. The molecule has 1 heterocycles. The van der Waals surface area contributed by atoms with Crippen LogP contribution in [0.3, 0.4) is 0 Å². The second kappa shape index (κ2) is 6.68. The lowest BCUT2D eigenvalue weighted by Gasteiger charge is -2.31. The smallest absolute Gasteiger partial charge is 0.159 e. The zero-order valence-electron chi connectivity index (χ0n) is 11.4. The summed E-state index contributed by atoms with van der Waals surface area (Å²) in [5.74, 6) is 0.0935. The Labute approximate surface area is 114 Å². The Hall–Kier alpha value is -1.39. The van der Waals surface area contributed by atoms with Crippen molar-refractivity contribution < 1.29 is 9.90 Å². The minimum Gasteiger partial charge on any atom is -0.396 e. The lowest BCUT2D eigenvalue weighted by molar-refractivity contribution is 0.101. The average molecular weight is 262 g/mol. The van der Waals surface area contributed by atoms with Crippen molar-refractivity contribution in [3.05, 3.63) is 29.8 Å².